The van der Waals surface area contributed by atoms with E-state index in [2.05, 4.69) is 32.5 Å². The molecular formula is C19H21F3N6O2S. The summed E-state index contributed by atoms with van der Waals surface area (Å²) in [5.41, 5.74) is -0.482. The Labute approximate surface area is 177 Å². The third kappa shape index (κ3) is 4.92. The minimum Gasteiger partial charge on any atom is -0.317 e. The highest BCUT2D eigenvalue weighted by molar-refractivity contribution is 7.89. The van der Waals surface area contributed by atoms with Crippen molar-refractivity contribution in [2.24, 2.45) is 5.14 Å². The Balaban J connectivity index is 2.32. The molecule has 1 aromatic carbocycles. The van der Waals surface area contributed by atoms with Crippen LogP contribution in [-0.2, 0) is 16.2 Å². The molecule has 0 fully saturated rings. The Morgan fingerprint density at radius 2 is 2.06 bits per heavy atom. The van der Waals surface area contributed by atoms with E-state index in [1.807, 2.05) is 13.1 Å². The van der Waals surface area contributed by atoms with E-state index in [9.17, 15) is 21.6 Å². The van der Waals surface area contributed by atoms with Crippen LogP contribution >= 0.6 is 0 Å². The molecule has 1 aromatic heterocycles. The number of primary sulfonamides is 1. The molecule has 4 N–H and O–H groups in total. The second-order valence-electron chi connectivity index (χ2n) is 7.03. The predicted molar refractivity (Wildman–Crippen MR) is 109 cm³/mol. The van der Waals surface area contributed by atoms with Crippen LogP contribution < -0.4 is 10.5 Å². The van der Waals surface area contributed by atoms with Gasteiger partial charge in [0.1, 0.15) is 4.90 Å². The van der Waals surface area contributed by atoms with Crippen molar-refractivity contribution >= 4 is 15.6 Å². The molecule has 166 valence electrons. The first-order valence-corrected chi connectivity index (χ1v) is 10.8. The number of H-pyrrole nitrogens is 1. The Morgan fingerprint density at radius 1 is 1.32 bits per heavy atom. The fourth-order valence-electron chi connectivity index (χ4n) is 3.49. The fourth-order valence-corrected chi connectivity index (χ4v) is 4.48. The number of tetrazole rings is 1. The number of nitrogens with one attached hydrogen (secondary N) is 2. The minimum absolute atomic E-state index is 0.174. The molecule has 1 aliphatic carbocycles. The minimum atomic E-state index is -4.97. The van der Waals surface area contributed by atoms with Crippen molar-refractivity contribution < 1.29 is 21.6 Å². The zero-order valence-corrected chi connectivity index (χ0v) is 17.4. The van der Waals surface area contributed by atoms with Crippen LogP contribution in [0.4, 0.5) is 13.2 Å². The van der Waals surface area contributed by atoms with Crippen LogP contribution in [0.5, 0.6) is 0 Å². The van der Waals surface area contributed by atoms with E-state index < -0.39 is 26.7 Å². The van der Waals surface area contributed by atoms with Crippen molar-refractivity contribution in [3.05, 3.63) is 53.6 Å². The quantitative estimate of drug-likeness (QED) is 0.652. The molecule has 1 unspecified atom stereocenters. The van der Waals surface area contributed by atoms with Gasteiger partial charge in [-0.2, -0.15) is 13.2 Å². The van der Waals surface area contributed by atoms with E-state index in [0.717, 1.165) is 12.8 Å². The number of hydrogen-bond acceptors (Lipinski definition) is 6. The van der Waals surface area contributed by atoms with Gasteiger partial charge in [0.25, 0.3) is 0 Å². The molecule has 2 aromatic rings. The normalized spacial score (nSPS) is 21.0. The molecule has 0 saturated heterocycles. The lowest BCUT2D eigenvalue weighted by Crippen LogP contribution is -2.24. The number of nitrogens with two attached hydrogens (primary N) is 1. The molecule has 1 atom stereocenters. The van der Waals surface area contributed by atoms with Gasteiger partial charge in [0.15, 0.2) is 5.82 Å². The first-order valence-electron chi connectivity index (χ1n) is 9.27. The van der Waals surface area contributed by atoms with Crippen LogP contribution in [0, 0.1) is 0 Å². The van der Waals surface area contributed by atoms with Crippen molar-refractivity contribution in [1.82, 2.24) is 25.9 Å². The van der Waals surface area contributed by atoms with Gasteiger partial charge in [-0.25, -0.2) is 18.7 Å². The molecule has 0 radical (unpaired) electrons. The summed E-state index contributed by atoms with van der Waals surface area (Å²) in [6.45, 7) is 4.07. The van der Waals surface area contributed by atoms with Crippen molar-refractivity contribution in [1.29, 1.82) is 0 Å². The summed E-state index contributed by atoms with van der Waals surface area (Å²) in [6, 6.07) is 2.09. The monoisotopic (exact) mass is 454 g/mol. The van der Waals surface area contributed by atoms with E-state index in [4.69, 9.17) is 5.14 Å². The summed E-state index contributed by atoms with van der Waals surface area (Å²) < 4.78 is 65.7. The molecule has 0 saturated carbocycles. The van der Waals surface area contributed by atoms with Crippen LogP contribution in [0.1, 0.15) is 30.4 Å². The maximum Gasteiger partial charge on any atom is 0.417 e. The lowest BCUT2D eigenvalue weighted by atomic mass is 9.89. The number of sulfonamides is 1. The SMILES string of the molecule is C=C1CCC(NC)C/C=C\C=C/1c1ccc(C(F)(F)F)c(S(N)(=O)=O)c1-c1nnn[nH]1. The molecule has 31 heavy (non-hydrogen) atoms. The standard InChI is InChI=1S/C19H21F3N6O2S/c1-11-7-8-12(24-2)5-3-4-6-13(11)14-9-10-15(19(20,21)22)17(31(23,29)30)16(14)18-25-27-28-26-18/h3-4,6,9-10,12,24H,1,5,7-8H2,2H3,(H2,23,29,30)(H,25,26,27,28)/b4-3-,13-6+. The third-order valence-electron chi connectivity index (χ3n) is 5.02. The zero-order chi connectivity index (χ0) is 22.8. The molecule has 1 aliphatic rings. The molecule has 3 rings (SSSR count). The van der Waals surface area contributed by atoms with Crippen LogP contribution in [0.15, 0.2) is 47.4 Å². The number of nitrogens with zero attached hydrogens (tertiary/aromatic N) is 3. The molecule has 12 heteroatoms. The molecule has 0 amide bonds. The van der Waals surface area contributed by atoms with Gasteiger partial charge in [-0.05, 0) is 59.5 Å². The average molecular weight is 454 g/mol. The van der Waals surface area contributed by atoms with Crippen LogP contribution in [0.3, 0.4) is 0 Å². The topological polar surface area (TPSA) is 127 Å². The number of halogens is 3. The van der Waals surface area contributed by atoms with Crippen molar-refractivity contribution in [3.8, 4) is 11.4 Å². The lowest BCUT2D eigenvalue weighted by molar-refractivity contribution is -0.139. The van der Waals surface area contributed by atoms with Gasteiger partial charge in [-0.1, -0.05) is 30.9 Å². The number of aromatic amines is 1. The number of alkyl halides is 3. The van der Waals surface area contributed by atoms with Gasteiger partial charge in [0.2, 0.25) is 10.0 Å². The Morgan fingerprint density at radius 3 is 2.65 bits per heavy atom. The Kier molecular flexibility index (Phi) is 6.43. The maximum absolute atomic E-state index is 13.7. The third-order valence-corrected chi connectivity index (χ3v) is 6.02. The zero-order valence-electron chi connectivity index (χ0n) is 16.6. The summed E-state index contributed by atoms with van der Waals surface area (Å²) in [5.74, 6) is -0.254. The summed E-state index contributed by atoms with van der Waals surface area (Å²) in [6.07, 6.45) is 2.42. The lowest BCUT2D eigenvalue weighted by Gasteiger charge is -2.20. The Bertz CT molecular complexity index is 1140. The first-order chi connectivity index (χ1) is 14.5. The summed E-state index contributed by atoms with van der Waals surface area (Å²) in [7, 11) is -2.96. The van der Waals surface area contributed by atoms with Gasteiger partial charge in [0.05, 0.1) is 5.56 Å². The van der Waals surface area contributed by atoms with Gasteiger partial charge >= 0.3 is 6.18 Å². The number of allylic oxidation sites excluding steroid dienone is 4. The van der Waals surface area contributed by atoms with Crippen molar-refractivity contribution in [3.63, 3.8) is 0 Å². The second-order valence-corrected chi connectivity index (χ2v) is 8.53. The highest BCUT2D eigenvalue weighted by atomic mass is 32.2. The van der Waals surface area contributed by atoms with Crippen LogP contribution in [-0.4, -0.2) is 42.1 Å². The van der Waals surface area contributed by atoms with Crippen LogP contribution in [0.25, 0.3) is 17.0 Å². The fraction of sp³-hybridized carbons (Fsp3) is 0.316. The number of aromatic nitrogens is 4. The van der Waals surface area contributed by atoms with Gasteiger partial charge in [-0.15, -0.1) is 5.10 Å². The molecule has 1 heterocycles. The first kappa shape index (κ1) is 22.8. The smallest absolute Gasteiger partial charge is 0.317 e. The highest BCUT2D eigenvalue weighted by Gasteiger charge is 2.40. The highest BCUT2D eigenvalue weighted by Crippen LogP contribution is 2.43. The van der Waals surface area contributed by atoms with E-state index in [1.165, 1.54) is 6.07 Å². The molecular weight excluding hydrogens is 433 g/mol. The molecule has 0 spiro atoms. The van der Waals surface area contributed by atoms with Gasteiger partial charge in [-0.3, -0.25) is 0 Å². The number of benzene rings is 1. The van der Waals surface area contributed by atoms with E-state index in [0.29, 0.717) is 23.6 Å². The number of rotatable bonds is 4. The molecule has 0 aliphatic heterocycles. The Hall–Kier alpha value is -2.83. The largest absolute Gasteiger partial charge is 0.417 e. The molecule has 0 bridgehead atoms. The van der Waals surface area contributed by atoms with E-state index >= 15 is 0 Å². The van der Waals surface area contributed by atoms with Gasteiger partial charge in [0, 0.05) is 11.6 Å². The maximum atomic E-state index is 13.7. The van der Waals surface area contributed by atoms with E-state index in [1.54, 1.807) is 12.2 Å². The summed E-state index contributed by atoms with van der Waals surface area (Å²) in [4.78, 5) is -1.10. The van der Waals surface area contributed by atoms with Crippen molar-refractivity contribution in [2.45, 2.75) is 36.4 Å². The van der Waals surface area contributed by atoms with Gasteiger partial charge < -0.3 is 5.32 Å². The average Bonchev–Trinajstić information content (AvgIpc) is 3.23. The molecule has 8 nitrogen and oxygen atoms in total. The predicted octanol–water partition coefficient (Wildman–Crippen LogP) is 2.80. The van der Waals surface area contributed by atoms with Crippen molar-refractivity contribution in [2.75, 3.05) is 7.05 Å². The second kappa shape index (κ2) is 8.73. The summed E-state index contributed by atoms with van der Waals surface area (Å²) >= 11 is 0. The van der Waals surface area contributed by atoms with Crippen LogP contribution in [0.2, 0.25) is 0 Å². The van der Waals surface area contributed by atoms with E-state index in [-0.39, 0.29) is 23.0 Å². The number of hydrogen-bond donors (Lipinski definition) is 3. The summed E-state index contributed by atoms with van der Waals surface area (Å²) in [5, 5.41) is 21.2.